The maximum atomic E-state index is 5.90. The Kier molecular flexibility index (Phi) is 1.95. The van der Waals surface area contributed by atoms with Gasteiger partial charge in [0.25, 0.3) is 0 Å². The van der Waals surface area contributed by atoms with Crippen molar-refractivity contribution in [2.24, 2.45) is 0 Å². The number of fused-ring (bicyclic) bond motifs is 1. The van der Waals surface area contributed by atoms with Gasteiger partial charge in [0.2, 0.25) is 0 Å². The van der Waals surface area contributed by atoms with Gasteiger partial charge in [-0.1, -0.05) is 11.6 Å². The lowest BCUT2D eigenvalue weighted by Gasteiger charge is -2.06. The van der Waals surface area contributed by atoms with Crippen LogP contribution in [0.4, 0.5) is 0 Å². The van der Waals surface area contributed by atoms with Crippen LogP contribution in [0.5, 0.6) is 5.75 Å². The average Bonchev–Trinajstić information content (AvgIpc) is 2.50. The summed E-state index contributed by atoms with van der Waals surface area (Å²) in [5.41, 5.74) is 2.49. The van der Waals surface area contributed by atoms with Crippen molar-refractivity contribution in [2.75, 3.05) is 7.11 Å². The molecular weight excluding hydrogens is 174 g/mol. The number of nitrogens with one attached hydrogen (secondary N) is 1. The molecule has 1 aliphatic rings. The van der Waals surface area contributed by atoms with Crippen LogP contribution in [0.2, 0.25) is 5.02 Å². The van der Waals surface area contributed by atoms with Crippen LogP contribution < -0.4 is 10.1 Å². The quantitative estimate of drug-likeness (QED) is 0.719. The van der Waals surface area contributed by atoms with E-state index < -0.39 is 0 Å². The maximum absolute atomic E-state index is 5.90. The normalized spacial score (nSPS) is 14.5. The predicted molar refractivity (Wildman–Crippen MR) is 48.5 cm³/mol. The van der Waals surface area contributed by atoms with Crippen LogP contribution in [0.1, 0.15) is 11.1 Å². The summed E-state index contributed by atoms with van der Waals surface area (Å²) in [7, 11) is 1.67. The summed E-state index contributed by atoms with van der Waals surface area (Å²) >= 11 is 5.90. The van der Waals surface area contributed by atoms with Crippen LogP contribution in [-0.4, -0.2) is 7.11 Å². The molecule has 1 aromatic rings. The van der Waals surface area contributed by atoms with Crippen molar-refractivity contribution in [3.8, 4) is 5.75 Å². The maximum Gasteiger partial charge on any atom is 0.125 e. The third-order valence-corrected chi connectivity index (χ3v) is 2.32. The van der Waals surface area contributed by atoms with Crippen molar-refractivity contribution in [2.45, 2.75) is 13.1 Å². The van der Waals surface area contributed by atoms with Crippen LogP contribution in [0.3, 0.4) is 0 Å². The summed E-state index contributed by atoms with van der Waals surface area (Å²) in [4.78, 5) is 0. The van der Waals surface area contributed by atoms with Gasteiger partial charge in [-0.3, -0.25) is 0 Å². The minimum absolute atomic E-state index is 0.745. The molecule has 1 aliphatic heterocycles. The molecule has 0 unspecified atom stereocenters. The lowest BCUT2D eigenvalue weighted by atomic mass is 10.1. The predicted octanol–water partition coefficient (Wildman–Crippen LogP) is 1.95. The molecule has 2 nitrogen and oxygen atoms in total. The molecule has 0 bridgehead atoms. The van der Waals surface area contributed by atoms with E-state index in [9.17, 15) is 0 Å². The number of halogens is 1. The van der Waals surface area contributed by atoms with Gasteiger partial charge in [-0.2, -0.15) is 0 Å². The molecule has 0 aliphatic carbocycles. The van der Waals surface area contributed by atoms with E-state index in [1.54, 1.807) is 7.11 Å². The van der Waals surface area contributed by atoms with Crippen LogP contribution in [0, 0.1) is 0 Å². The zero-order valence-electron chi connectivity index (χ0n) is 6.86. The Labute approximate surface area is 76.5 Å². The molecule has 0 saturated carbocycles. The second kappa shape index (κ2) is 2.96. The standard InChI is InChI=1S/C9H10ClNO/c1-12-9-3-7(10)2-6-4-11-5-8(6)9/h2-3,11H,4-5H2,1H3. The van der Waals surface area contributed by atoms with E-state index in [0.29, 0.717) is 0 Å². The Balaban J connectivity index is 2.55. The van der Waals surface area contributed by atoms with Crippen LogP contribution in [-0.2, 0) is 13.1 Å². The lowest BCUT2D eigenvalue weighted by molar-refractivity contribution is 0.410. The number of methoxy groups -OCH3 is 1. The number of hydrogen-bond donors (Lipinski definition) is 1. The van der Waals surface area contributed by atoms with Gasteiger partial charge >= 0.3 is 0 Å². The minimum atomic E-state index is 0.745. The molecule has 2 rings (SSSR count). The second-order valence-corrected chi connectivity index (χ2v) is 3.29. The van der Waals surface area contributed by atoms with Gasteiger partial charge in [0.05, 0.1) is 7.11 Å². The van der Waals surface area contributed by atoms with Gasteiger partial charge in [-0.15, -0.1) is 0 Å². The average molecular weight is 184 g/mol. The molecule has 0 saturated heterocycles. The highest BCUT2D eigenvalue weighted by Gasteiger charge is 2.15. The fraction of sp³-hybridized carbons (Fsp3) is 0.333. The fourth-order valence-electron chi connectivity index (χ4n) is 1.53. The Bertz CT molecular complexity index is 312. The molecule has 0 atom stereocenters. The number of rotatable bonds is 1. The first-order valence-electron chi connectivity index (χ1n) is 3.87. The molecule has 0 radical (unpaired) electrons. The van der Waals surface area contributed by atoms with Gasteiger partial charge in [-0.25, -0.2) is 0 Å². The summed E-state index contributed by atoms with van der Waals surface area (Å²) in [6, 6.07) is 3.84. The van der Waals surface area contributed by atoms with E-state index in [1.807, 2.05) is 12.1 Å². The van der Waals surface area contributed by atoms with Crippen molar-refractivity contribution in [3.05, 3.63) is 28.3 Å². The summed E-state index contributed by atoms with van der Waals surface area (Å²) in [5.74, 6) is 0.891. The molecular formula is C9H10ClNO. The summed E-state index contributed by atoms with van der Waals surface area (Å²) in [6.07, 6.45) is 0. The Morgan fingerprint density at radius 3 is 3.00 bits per heavy atom. The summed E-state index contributed by atoms with van der Waals surface area (Å²) < 4.78 is 5.21. The molecule has 0 spiro atoms. The van der Waals surface area contributed by atoms with Crippen molar-refractivity contribution in [1.82, 2.24) is 5.32 Å². The molecule has 0 aromatic heterocycles. The second-order valence-electron chi connectivity index (χ2n) is 2.85. The third kappa shape index (κ3) is 1.17. The van der Waals surface area contributed by atoms with E-state index in [4.69, 9.17) is 16.3 Å². The number of benzene rings is 1. The third-order valence-electron chi connectivity index (χ3n) is 2.10. The van der Waals surface area contributed by atoms with Crippen molar-refractivity contribution in [1.29, 1.82) is 0 Å². The first-order valence-corrected chi connectivity index (χ1v) is 4.25. The van der Waals surface area contributed by atoms with Crippen LogP contribution in [0.25, 0.3) is 0 Å². The molecule has 12 heavy (non-hydrogen) atoms. The monoisotopic (exact) mass is 183 g/mol. The number of hydrogen-bond acceptors (Lipinski definition) is 2. The first kappa shape index (κ1) is 7.90. The van der Waals surface area contributed by atoms with E-state index >= 15 is 0 Å². The van der Waals surface area contributed by atoms with Crippen molar-refractivity contribution in [3.63, 3.8) is 0 Å². The highest BCUT2D eigenvalue weighted by atomic mass is 35.5. The summed E-state index contributed by atoms with van der Waals surface area (Å²) in [6.45, 7) is 1.78. The van der Waals surface area contributed by atoms with E-state index in [2.05, 4.69) is 5.32 Å². The SMILES string of the molecule is COc1cc(Cl)cc2c1CNC2. The highest BCUT2D eigenvalue weighted by molar-refractivity contribution is 6.30. The van der Waals surface area contributed by atoms with Crippen LogP contribution in [0.15, 0.2) is 12.1 Å². The van der Waals surface area contributed by atoms with E-state index in [1.165, 1.54) is 11.1 Å². The minimum Gasteiger partial charge on any atom is -0.496 e. The molecule has 64 valence electrons. The first-order chi connectivity index (χ1) is 5.81. The highest BCUT2D eigenvalue weighted by Crippen LogP contribution is 2.29. The zero-order chi connectivity index (χ0) is 8.55. The smallest absolute Gasteiger partial charge is 0.125 e. The lowest BCUT2D eigenvalue weighted by Crippen LogP contribution is -2.00. The summed E-state index contributed by atoms with van der Waals surface area (Å²) in [5, 5.41) is 4.00. The molecule has 1 N–H and O–H groups in total. The largest absolute Gasteiger partial charge is 0.496 e. The van der Waals surface area contributed by atoms with Gasteiger partial charge in [0.1, 0.15) is 5.75 Å². The van der Waals surface area contributed by atoms with Gasteiger partial charge in [0, 0.05) is 23.7 Å². The molecule has 3 heteroatoms. The zero-order valence-corrected chi connectivity index (χ0v) is 7.61. The Morgan fingerprint density at radius 1 is 1.42 bits per heavy atom. The van der Waals surface area contributed by atoms with E-state index in [0.717, 1.165) is 23.9 Å². The Morgan fingerprint density at radius 2 is 2.25 bits per heavy atom. The van der Waals surface area contributed by atoms with Crippen molar-refractivity contribution < 1.29 is 4.74 Å². The topological polar surface area (TPSA) is 21.3 Å². The fourth-order valence-corrected chi connectivity index (χ4v) is 1.76. The van der Waals surface area contributed by atoms with Crippen molar-refractivity contribution >= 4 is 11.6 Å². The van der Waals surface area contributed by atoms with Gasteiger partial charge in [0.15, 0.2) is 0 Å². The molecule has 1 heterocycles. The van der Waals surface area contributed by atoms with E-state index in [-0.39, 0.29) is 0 Å². The number of ether oxygens (including phenoxy) is 1. The Hall–Kier alpha value is -0.730. The molecule has 0 fully saturated rings. The molecule has 1 aromatic carbocycles. The van der Waals surface area contributed by atoms with Crippen LogP contribution >= 0.6 is 11.6 Å². The molecule has 0 amide bonds. The van der Waals surface area contributed by atoms with Gasteiger partial charge < -0.3 is 10.1 Å². The van der Waals surface area contributed by atoms with Gasteiger partial charge in [-0.05, 0) is 17.7 Å².